The highest BCUT2D eigenvalue weighted by molar-refractivity contribution is 6.91. The van der Waals surface area contributed by atoms with Crippen LogP contribution in [-0.4, -0.2) is 75.1 Å². The normalized spacial score (nSPS) is 15.4. The van der Waals surface area contributed by atoms with E-state index in [9.17, 15) is 0 Å². The van der Waals surface area contributed by atoms with Crippen molar-refractivity contribution >= 4 is 69.0 Å². The molecule has 8 nitrogen and oxygen atoms in total. The Kier molecular flexibility index (Phi) is 13.2. The van der Waals surface area contributed by atoms with Gasteiger partial charge in [0.25, 0.3) is 0 Å². The average molecular weight is 636 g/mol. The monoisotopic (exact) mass is 635 g/mol. The molecule has 0 spiro atoms. The molecule has 0 aromatic rings. The summed E-state index contributed by atoms with van der Waals surface area (Å²) < 4.78 is 51.6. The van der Waals surface area contributed by atoms with Crippen LogP contribution in [0.25, 0.3) is 0 Å². The van der Waals surface area contributed by atoms with Crippen LogP contribution in [0.2, 0.25) is 105 Å². The van der Waals surface area contributed by atoms with Crippen LogP contribution in [-0.2, 0) is 33.2 Å². The van der Waals surface area contributed by atoms with Gasteiger partial charge in [0, 0.05) is 6.10 Å². The number of hydrogen-bond donors (Lipinski definition) is 0. The average Bonchev–Trinajstić information content (AvgIpc) is 2.33. The molecule has 0 unspecified atom stereocenters. The van der Waals surface area contributed by atoms with Crippen molar-refractivity contribution in [1.82, 2.24) is 0 Å². The summed E-state index contributed by atoms with van der Waals surface area (Å²) in [5.41, 5.74) is 0. The van der Waals surface area contributed by atoms with E-state index in [1.165, 1.54) is 0 Å². The second kappa shape index (κ2) is 12.7. The topological polar surface area (TPSA) is 73.8 Å². The van der Waals surface area contributed by atoms with Gasteiger partial charge in [0.2, 0.25) is 0 Å². The summed E-state index contributed by atoms with van der Waals surface area (Å²) in [4.78, 5) is 0. The van der Waals surface area contributed by atoms with Crippen molar-refractivity contribution in [3.63, 3.8) is 0 Å². The van der Waals surface area contributed by atoms with Crippen molar-refractivity contribution in [2.45, 2.75) is 125 Å². The molecule has 0 aliphatic carbocycles. The fourth-order valence-electron chi connectivity index (χ4n) is 4.76. The lowest BCUT2D eigenvalue weighted by Gasteiger charge is -2.43. The smallest absolute Gasteiger partial charge is 0.323 e. The Bertz CT molecular complexity index is 615. The molecule has 0 rings (SSSR count). The molecule has 35 heavy (non-hydrogen) atoms. The number of hydrogen-bond acceptors (Lipinski definition) is 8. The van der Waals surface area contributed by atoms with Gasteiger partial charge >= 0.3 is 59.9 Å². The Balaban J connectivity index is 5.28. The summed E-state index contributed by atoms with van der Waals surface area (Å²) in [7, 11) is -18.0. The van der Waals surface area contributed by atoms with Crippen LogP contribution >= 0.6 is 0 Å². The Labute approximate surface area is 226 Å². The van der Waals surface area contributed by atoms with Gasteiger partial charge in [0.05, 0.1) is 0 Å². The zero-order chi connectivity index (χ0) is 28.3. The van der Waals surface area contributed by atoms with E-state index in [4.69, 9.17) is 33.2 Å². The van der Waals surface area contributed by atoms with Crippen LogP contribution in [0.15, 0.2) is 0 Å². The van der Waals surface area contributed by atoms with E-state index < -0.39 is 69.0 Å². The third-order valence-corrected chi connectivity index (χ3v) is 32.2. The Morgan fingerprint density at radius 2 is 0.629 bits per heavy atom. The highest BCUT2D eigenvalue weighted by Crippen LogP contribution is 2.29. The highest BCUT2D eigenvalue weighted by Gasteiger charge is 2.49. The van der Waals surface area contributed by atoms with Gasteiger partial charge in [0.1, 0.15) is 0 Å². The van der Waals surface area contributed by atoms with Gasteiger partial charge in [-0.25, -0.2) is 0 Å². The second-order valence-corrected chi connectivity index (χ2v) is 40.0. The molecule has 0 fully saturated rings. The third-order valence-electron chi connectivity index (χ3n) is 3.92. The Hall–Kier alpha value is 1.42. The van der Waals surface area contributed by atoms with Gasteiger partial charge < -0.3 is 33.2 Å². The van der Waals surface area contributed by atoms with Gasteiger partial charge in [-0.05, 0) is 119 Å². The first kappa shape index (κ1) is 36.4. The molecule has 0 atom stereocenters. The summed E-state index contributed by atoms with van der Waals surface area (Å²) >= 11 is 0. The summed E-state index contributed by atoms with van der Waals surface area (Å²) in [6.45, 7) is 37.4. The molecule has 0 heterocycles. The molecule has 0 amide bonds. The zero-order valence-corrected chi connectivity index (χ0v) is 33.8. The molecule has 0 saturated carbocycles. The molecule has 0 aliphatic heterocycles. The van der Waals surface area contributed by atoms with Gasteiger partial charge in [-0.15, -0.1) is 0 Å². The van der Waals surface area contributed by atoms with Gasteiger partial charge in [-0.1, -0.05) is 0 Å². The van der Waals surface area contributed by atoms with Crippen molar-refractivity contribution in [2.24, 2.45) is 0 Å². The van der Waals surface area contributed by atoms with Crippen LogP contribution in [0, 0.1) is 0 Å². The lowest BCUT2D eigenvalue weighted by Crippen LogP contribution is -2.61. The zero-order valence-electron chi connectivity index (χ0n) is 25.8. The van der Waals surface area contributed by atoms with Gasteiger partial charge in [-0.2, -0.15) is 0 Å². The highest BCUT2D eigenvalue weighted by atomic mass is 28.5. The van der Waals surface area contributed by atoms with Crippen LogP contribution in [0.3, 0.4) is 0 Å². The van der Waals surface area contributed by atoms with Crippen LogP contribution in [0.1, 0.15) is 13.8 Å². The maximum atomic E-state index is 6.64. The maximum absolute atomic E-state index is 6.64. The summed E-state index contributed by atoms with van der Waals surface area (Å²) in [6.07, 6.45) is 0.124. The molecule has 0 aromatic carbocycles. The van der Waals surface area contributed by atoms with Gasteiger partial charge in [0.15, 0.2) is 9.04 Å². The van der Waals surface area contributed by atoms with Crippen LogP contribution in [0.4, 0.5) is 0 Å². The van der Waals surface area contributed by atoms with Crippen LogP contribution < -0.4 is 0 Å². The standard InChI is InChI=1S/C19H55O8Si8/c1-19(2)20-29(5,6)22-31(9,10)24-33(13,14)26-35(17,18)27-34(15,16)25-32(11,12)23-30(7,8)21-28(3)4/h19H,1-18H3. The maximum Gasteiger partial charge on any atom is 0.323 e. The molecule has 16 heteroatoms. The lowest BCUT2D eigenvalue weighted by molar-refractivity contribution is 0.175. The molecule has 211 valence electrons. The van der Waals surface area contributed by atoms with Crippen molar-refractivity contribution in [3.8, 4) is 0 Å². The molecule has 0 aromatic heterocycles. The summed E-state index contributed by atoms with van der Waals surface area (Å²) in [6, 6.07) is 0. The van der Waals surface area contributed by atoms with Crippen molar-refractivity contribution in [3.05, 3.63) is 0 Å². The van der Waals surface area contributed by atoms with E-state index in [1.54, 1.807) is 0 Å². The molecule has 0 bridgehead atoms. The largest absolute Gasteiger partial charge is 0.437 e. The fraction of sp³-hybridized carbons (Fsp3) is 1.00. The fourth-order valence-corrected chi connectivity index (χ4v) is 41.7. The minimum absolute atomic E-state index is 0.124. The van der Waals surface area contributed by atoms with E-state index in [0.717, 1.165) is 0 Å². The number of rotatable bonds is 16. The SMILES string of the molecule is CC(C)O[Si](C)(C)O[Si](C)(C)O[Si](C)(C)O[Si](C)(C)O[Si](C)(C)O[Si](C)(C)O[Si](C)(C)O[Si](C)C. The first-order chi connectivity index (χ1) is 15.1. The van der Waals surface area contributed by atoms with E-state index in [2.05, 4.69) is 105 Å². The molecular weight excluding hydrogens is 581 g/mol. The van der Waals surface area contributed by atoms with Gasteiger partial charge in [-0.3, -0.25) is 0 Å². The second-order valence-electron chi connectivity index (χ2n) is 12.6. The summed E-state index contributed by atoms with van der Waals surface area (Å²) in [5.74, 6) is 0. The Morgan fingerprint density at radius 1 is 0.400 bits per heavy atom. The van der Waals surface area contributed by atoms with E-state index in [-0.39, 0.29) is 6.10 Å². The Morgan fingerprint density at radius 3 is 0.857 bits per heavy atom. The molecular formula is C19H55O8Si8. The van der Waals surface area contributed by atoms with Crippen molar-refractivity contribution < 1.29 is 33.2 Å². The van der Waals surface area contributed by atoms with Crippen LogP contribution in [0.5, 0.6) is 0 Å². The predicted molar refractivity (Wildman–Crippen MR) is 164 cm³/mol. The van der Waals surface area contributed by atoms with E-state index in [1.807, 2.05) is 13.8 Å². The molecule has 0 aliphatic rings. The van der Waals surface area contributed by atoms with Crippen molar-refractivity contribution in [1.29, 1.82) is 0 Å². The third kappa shape index (κ3) is 17.6. The van der Waals surface area contributed by atoms with E-state index >= 15 is 0 Å². The van der Waals surface area contributed by atoms with E-state index in [0.29, 0.717) is 0 Å². The van der Waals surface area contributed by atoms with Crippen molar-refractivity contribution in [2.75, 3.05) is 0 Å². The minimum atomic E-state index is -2.57. The predicted octanol–water partition coefficient (Wildman–Crippen LogP) is 6.69. The molecule has 1 radical (unpaired) electrons. The first-order valence-electron chi connectivity index (χ1n) is 12.5. The summed E-state index contributed by atoms with van der Waals surface area (Å²) in [5, 5.41) is 0. The first-order valence-corrected chi connectivity index (χ1v) is 34.6. The molecule has 0 saturated heterocycles. The lowest BCUT2D eigenvalue weighted by atomic mass is 10.5. The molecule has 0 N–H and O–H groups in total. The quantitative estimate of drug-likeness (QED) is 0.174. The minimum Gasteiger partial charge on any atom is -0.437 e.